The summed E-state index contributed by atoms with van der Waals surface area (Å²) in [6.45, 7) is 0.342. The first-order valence-corrected chi connectivity index (χ1v) is 6.58. The Morgan fingerprint density at radius 2 is 1.89 bits per heavy atom. The number of carbonyl (C=O) groups is 2. The molecule has 1 fully saturated rings. The highest BCUT2D eigenvalue weighted by Crippen LogP contribution is 2.39. The molecule has 2 amide bonds. The first kappa shape index (κ1) is 12.3. The van der Waals surface area contributed by atoms with Crippen LogP contribution in [0.3, 0.4) is 0 Å². The molecule has 1 aromatic heterocycles. The maximum atomic E-state index is 12.2. The summed E-state index contributed by atoms with van der Waals surface area (Å²) in [6, 6.07) is 1.58. The molecule has 1 saturated carbocycles. The zero-order valence-corrected chi connectivity index (χ0v) is 10.6. The number of aliphatic hydroxyl groups is 1. The number of amides is 2. The first-order chi connectivity index (χ1) is 9.17. The molecular formula is C14H16N2O3. The molecule has 0 spiro atoms. The van der Waals surface area contributed by atoms with Gasteiger partial charge in [-0.25, -0.2) is 0 Å². The number of rotatable bonds is 3. The van der Waals surface area contributed by atoms with Gasteiger partial charge in [0, 0.05) is 24.4 Å². The molecule has 1 aliphatic carbocycles. The Morgan fingerprint density at radius 3 is 2.53 bits per heavy atom. The highest BCUT2D eigenvalue weighted by atomic mass is 16.3. The maximum Gasteiger partial charge on any atom is 0.263 e. The molecule has 2 heterocycles. The Hall–Kier alpha value is -1.75. The molecule has 5 nitrogen and oxygen atoms in total. The minimum absolute atomic E-state index is 0.0264. The van der Waals surface area contributed by atoms with E-state index in [9.17, 15) is 14.7 Å². The van der Waals surface area contributed by atoms with Crippen LogP contribution in [0.4, 0.5) is 0 Å². The number of nitrogens with zero attached hydrogens (tertiary/aromatic N) is 2. The number of pyridine rings is 1. The van der Waals surface area contributed by atoms with Crippen molar-refractivity contribution in [2.75, 3.05) is 13.2 Å². The molecule has 100 valence electrons. The van der Waals surface area contributed by atoms with Crippen molar-refractivity contribution in [2.24, 2.45) is 5.41 Å². The summed E-state index contributed by atoms with van der Waals surface area (Å²) in [5.74, 6) is -0.546. The highest BCUT2D eigenvalue weighted by Gasteiger charge is 2.42. The van der Waals surface area contributed by atoms with E-state index in [0.717, 1.165) is 25.7 Å². The van der Waals surface area contributed by atoms with E-state index < -0.39 is 0 Å². The van der Waals surface area contributed by atoms with Crippen LogP contribution < -0.4 is 0 Å². The Labute approximate surface area is 111 Å². The van der Waals surface area contributed by atoms with Gasteiger partial charge in [0.25, 0.3) is 11.8 Å². The molecular weight excluding hydrogens is 244 g/mol. The van der Waals surface area contributed by atoms with Crippen LogP contribution in [-0.2, 0) is 0 Å². The summed E-state index contributed by atoms with van der Waals surface area (Å²) in [4.78, 5) is 29.7. The fraction of sp³-hybridized carbons (Fsp3) is 0.500. The van der Waals surface area contributed by atoms with Crippen molar-refractivity contribution >= 4 is 11.8 Å². The van der Waals surface area contributed by atoms with E-state index in [1.165, 1.54) is 17.3 Å². The summed E-state index contributed by atoms with van der Waals surface area (Å²) in [5.41, 5.74) is 0.491. The zero-order valence-electron chi connectivity index (χ0n) is 10.6. The molecule has 1 aliphatic heterocycles. The predicted octanol–water partition coefficient (Wildman–Crippen LogP) is 1.23. The number of hydrogen-bond donors (Lipinski definition) is 1. The minimum Gasteiger partial charge on any atom is -0.396 e. The number of aromatic nitrogens is 1. The third-order valence-corrected chi connectivity index (χ3v) is 4.27. The van der Waals surface area contributed by atoms with Gasteiger partial charge < -0.3 is 5.11 Å². The quantitative estimate of drug-likeness (QED) is 0.830. The molecule has 3 rings (SSSR count). The van der Waals surface area contributed by atoms with Crippen LogP contribution >= 0.6 is 0 Å². The number of aliphatic hydroxyl groups excluding tert-OH is 1. The van der Waals surface area contributed by atoms with Crippen LogP contribution in [0, 0.1) is 5.41 Å². The Balaban J connectivity index is 1.88. The third-order valence-electron chi connectivity index (χ3n) is 4.27. The van der Waals surface area contributed by atoms with Crippen molar-refractivity contribution in [2.45, 2.75) is 25.7 Å². The summed E-state index contributed by atoms with van der Waals surface area (Å²) < 4.78 is 0. The van der Waals surface area contributed by atoms with Crippen LogP contribution in [0.15, 0.2) is 18.5 Å². The molecule has 1 N–H and O–H groups in total. The fourth-order valence-electron chi connectivity index (χ4n) is 3.10. The van der Waals surface area contributed by atoms with Crippen LogP contribution in [-0.4, -0.2) is 40.0 Å². The van der Waals surface area contributed by atoms with Crippen molar-refractivity contribution in [3.05, 3.63) is 29.6 Å². The fourth-order valence-corrected chi connectivity index (χ4v) is 3.10. The lowest BCUT2D eigenvalue weighted by Gasteiger charge is -2.30. The lowest BCUT2D eigenvalue weighted by Crippen LogP contribution is -2.41. The molecule has 0 aromatic carbocycles. The Morgan fingerprint density at radius 1 is 1.21 bits per heavy atom. The number of fused-ring (bicyclic) bond motifs is 1. The van der Waals surface area contributed by atoms with Gasteiger partial charge in [0.2, 0.25) is 0 Å². The topological polar surface area (TPSA) is 70.5 Å². The Bertz CT molecular complexity index is 500. The smallest absolute Gasteiger partial charge is 0.263 e. The molecule has 2 aliphatic rings. The van der Waals surface area contributed by atoms with E-state index >= 15 is 0 Å². The molecule has 5 heteroatoms. The SMILES string of the molecule is O=C1c2ccncc2C(=O)N1CC1(CO)CCCC1. The van der Waals surface area contributed by atoms with Crippen LogP contribution in [0.2, 0.25) is 0 Å². The second-order valence-corrected chi connectivity index (χ2v) is 5.48. The monoisotopic (exact) mass is 260 g/mol. The van der Waals surface area contributed by atoms with Crippen molar-refractivity contribution in [3.8, 4) is 0 Å². The van der Waals surface area contributed by atoms with Gasteiger partial charge in [-0.15, -0.1) is 0 Å². The van der Waals surface area contributed by atoms with Gasteiger partial charge in [0.05, 0.1) is 17.7 Å². The lowest BCUT2D eigenvalue weighted by atomic mass is 9.86. The molecule has 0 radical (unpaired) electrons. The lowest BCUT2D eigenvalue weighted by molar-refractivity contribution is 0.0475. The molecule has 0 saturated heterocycles. The molecule has 0 bridgehead atoms. The van der Waals surface area contributed by atoms with Gasteiger partial charge in [-0.3, -0.25) is 19.5 Å². The summed E-state index contributed by atoms with van der Waals surface area (Å²) in [5, 5.41) is 9.60. The van der Waals surface area contributed by atoms with Crippen molar-refractivity contribution < 1.29 is 14.7 Å². The number of carbonyl (C=O) groups excluding carboxylic acids is 2. The average Bonchev–Trinajstić information content (AvgIpc) is 3.00. The van der Waals surface area contributed by atoms with E-state index in [1.807, 2.05) is 0 Å². The van der Waals surface area contributed by atoms with Gasteiger partial charge in [-0.2, -0.15) is 0 Å². The predicted molar refractivity (Wildman–Crippen MR) is 67.6 cm³/mol. The standard InChI is InChI=1S/C14H16N2O3/c17-9-14(4-1-2-5-14)8-16-12(18)10-3-6-15-7-11(10)13(16)19/h3,6-7,17H,1-2,4-5,8-9H2. The maximum absolute atomic E-state index is 12.2. The second-order valence-electron chi connectivity index (χ2n) is 5.48. The van der Waals surface area contributed by atoms with E-state index in [0.29, 0.717) is 17.7 Å². The van der Waals surface area contributed by atoms with Gasteiger partial charge in [0.15, 0.2) is 0 Å². The van der Waals surface area contributed by atoms with Crippen molar-refractivity contribution in [3.63, 3.8) is 0 Å². The van der Waals surface area contributed by atoms with Crippen LogP contribution in [0.5, 0.6) is 0 Å². The van der Waals surface area contributed by atoms with Crippen molar-refractivity contribution in [1.29, 1.82) is 0 Å². The normalized spacial score (nSPS) is 21.0. The first-order valence-electron chi connectivity index (χ1n) is 6.58. The van der Waals surface area contributed by atoms with Gasteiger partial charge in [-0.1, -0.05) is 12.8 Å². The summed E-state index contributed by atoms with van der Waals surface area (Å²) >= 11 is 0. The molecule has 1 aromatic rings. The molecule has 0 unspecified atom stereocenters. The van der Waals surface area contributed by atoms with E-state index in [4.69, 9.17) is 0 Å². The number of imide groups is 1. The van der Waals surface area contributed by atoms with Crippen LogP contribution in [0.1, 0.15) is 46.4 Å². The number of hydrogen-bond acceptors (Lipinski definition) is 4. The van der Waals surface area contributed by atoms with Crippen LogP contribution in [0.25, 0.3) is 0 Å². The van der Waals surface area contributed by atoms with Crippen molar-refractivity contribution in [1.82, 2.24) is 9.88 Å². The Kier molecular flexibility index (Phi) is 2.86. The van der Waals surface area contributed by atoms with E-state index in [-0.39, 0.29) is 23.8 Å². The third kappa shape index (κ3) is 1.85. The minimum atomic E-state index is -0.305. The highest BCUT2D eigenvalue weighted by molar-refractivity contribution is 6.21. The second kappa shape index (κ2) is 4.42. The molecule has 19 heavy (non-hydrogen) atoms. The van der Waals surface area contributed by atoms with Gasteiger partial charge in [0.1, 0.15) is 0 Å². The average molecular weight is 260 g/mol. The summed E-state index contributed by atoms with van der Waals surface area (Å²) in [6.07, 6.45) is 6.79. The van der Waals surface area contributed by atoms with Gasteiger partial charge in [-0.05, 0) is 18.9 Å². The largest absolute Gasteiger partial charge is 0.396 e. The zero-order chi connectivity index (χ0) is 13.5. The van der Waals surface area contributed by atoms with E-state index in [1.54, 1.807) is 6.07 Å². The summed E-state index contributed by atoms with van der Waals surface area (Å²) in [7, 11) is 0. The van der Waals surface area contributed by atoms with E-state index in [2.05, 4.69) is 4.98 Å². The van der Waals surface area contributed by atoms with Gasteiger partial charge >= 0.3 is 0 Å². The molecule has 0 atom stereocenters.